The van der Waals surface area contributed by atoms with Crippen molar-refractivity contribution in [3.05, 3.63) is 34.9 Å². The molecule has 0 bridgehead atoms. The molecule has 0 aromatic heterocycles. The number of benzene rings is 1. The van der Waals surface area contributed by atoms with E-state index in [1.54, 1.807) is 31.2 Å². The first-order valence-electron chi connectivity index (χ1n) is 5.58. The number of rotatable bonds is 5. The molecule has 98 valence electrons. The first kappa shape index (κ1) is 14.5. The molecule has 0 saturated heterocycles. The number of halogens is 1. The van der Waals surface area contributed by atoms with Crippen molar-refractivity contribution in [2.24, 2.45) is 5.73 Å². The number of carbonyl (C=O) groups is 2. The van der Waals surface area contributed by atoms with Gasteiger partial charge in [-0.15, -0.1) is 0 Å². The Morgan fingerprint density at radius 2 is 1.78 bits per heavy atom. The van der Waals surface area contributed by atoms with Crippen LogP contribution in [0.25, 0.3) is 0 Å². The Balaban J connectivity index is 2.29. The zero-order valence-electron chi connectivity index (χ0n) is 10.1. The quantitative estimate of drug-likeness (QED) is 0.682. The zero-order valence-corrected chi connectivity index (χ0v) is 10.8. The summed E-state index contributed by atoms with van der Waals surface area (Å²) in [5.41, 5.74) is 5.90. The van der Waals surface area contributed by atoms with Crippen LogP contribution in [-0.4, -0.2) is 30.9 Å². The lowest BCUT2D eigenvalue weighted by atomic mass is 10.2. The molecule has 0 saturated carbocycles. The van der Waals surface area contributed by atoms with Crippen molar-refractivity contribution < 1.29 is 9.59 Å². The van der Waals surface area contributed by atoms with Crippen LogP contribution < -0.4 is 16.4 Å². The van der Waals surface area contributed by atoms with E-state index < -0.39 is 6.04 Å². The normalized spacial score (nSPS) is 11.7. The van der Waals surface area contributed by atoms with E-state index in [0.29, 0.717) is 23.7 Å². The van der Waals surface area contributed by atoms with Gasteiger partial charge >= 0.3 is 0 Å². The Labute approximate surface area is 111 Å². The van der Waals surface area contributed by atoms with Crippen LogP contribution in [0.5, 0.6) is 0 Å². The smallest absolute Gasteiger partial charge is 0.251 e. The third-order valence-electron chi connectivity index (χ3n) is 2.23. The molecule has 1 atom stereocenters. The standard InChI is InChI=1S/C12H16ClN3O2/c1-8(14)11(17)15-6-7-16-12(18)9-2-4-10(13)5-3-9/h2-5,8H,6-7,14H2,1H3,(H,15,17)(H,16,18)/t8-/m0/s1. The number of carbonyl (C=O) groups excluding carboxylic acids is 2. The molecular weight excluding hydrogens is 254 g/mol. The number of amides is 2. The molecule has 1 aromatic carbocycles. The van der Waals surface area contributed by atoms with E-state index in [9.17, 15) is 9.59 Å². The second-order valence-corrected chi connectivity index (χ2v) is 4.28. The lowest BCUT2D eigenvalue weighted by Gasteiger charge is -2.08. The molecule has 6 heteroatoms. The summed E-state index contributed by atoms with van der Waals surface area (Å²) in [6.45, 7) is 2.29. The molecule has 0 radical (unpaired) electrons. The Morgan fingerprint density at radius 1 is 1.22 bits per heavy atom. The molecule has 0 aliphatic rings. The monoisotopic (exact) mass is 269 g/mol. The minimum absolute atomic E-state index is 0.207. The van der Waals surface area contributed by atoms with Crippen LogP contribution in [0.2, 0.25) is 5.02 Å². The number of nitrogens with two attached hydrogens (primary N) is 1. The third kappa shape index (κ3) is 4.73. The van der Waals surface area contributed by atoms with Gasteiger partial charge in [-0.2, -0.15) is 0 Å². The predicted octanol–water partition coefficient (Wildman–Crippen LogP) is 0.533. The van der Waals surface area contributed by atoms with Crippen molar-refractivity contribution in [2.75, 3.05) is 13.1 Å². The molecule has 5 nitrogen and oxygen atoms in total. The highest BCUT2D eigenvalue weighted by Gasteiger charge is 2.07. The molecule has 1 aromatic rings. The Morgan fingerprint density at radius 3 is 2.33 bits per heavy atom. The molecule has 1 rings (SSSR count). The van der Waals surface area contributed by atoms with E-state index in [1.165, 1.54) is 0 Å². The number of nitrogens with one attached hydrogen (secondary N) is 2. The predicted molar refractivity (Wildman–Crippen MR) is 70.4 cm³/mol. The maximum Gasteiger partial charge on any atom is 0.251 e. The molecular formula is C12H16ClN3O2. The van der Waals surface area contributed by atoms with E-state index >= 15 is 0 Å². The molecule has 0 unspecified atom stereocenters. The molecule has 0 spiro atoms. The zero-order chi connectivity index (χ0) is 13.5. The van der Waals surface area contributed by atoms with Crippen LogP contribution in [0.1, 0.15) is 17.3 Å². The van der Waals surface area contributed by atoms with Crippen molar-refractivity contribution in [1.82, 2.24) is 10.6 Å². The fraction of sp³-hybridized carbons (Fsp3) is 0.333. The maximum absolute atomic E-state index is 11.6. The van der Waals surface area contributed by atoms with E-state index in [-0.39, 0.29) is 11.8 Å². The highest BCUT2D eigenvalue weighted by Crippen LogP contribution is 2.08. The first-order chi connectivity index (χ1) is 8.50. The second kappa shape index (κ2) is 6.98. The Kier molecular flexibility index (Phi) is 5.61. The fourth-order valence-corrected chi connectivity index (χ4v) is 1.35. The van der Waals surface area contributed by atoms with Crippen LogP contribution in [0, 0.1) is 0 Å². The minimum Gasteiger partial charge on any atom is -0.353 e. The summed E-state index contributed by atoms with van der Waals surface area (Å²) < 4.78 is 0. The van der Waals surface area contributed by atoms with Gasteiger partial charge in [-0.1, -0.05) is 11.6 Å². The van der Waals surface area contributed by atoms with E-state index in [2.05, 4.69) is 10.6 Å². The minimum atomic E-state index is -0.544. The average molecular weight is 270 g/mol. The van der Waals surface area contributed by atoms with Crippen LogP contribution in [0.4, 0.5) is 0 Å². The SMILES string of the molecule is C[C@H](N)C(=O)NCCNC(=O)c1ccc(Cl)cc1. The highest BCUT2D eigenvalue weighted by atomic mass is 35.5. The van der Waals surface area contributed by atoms with Crippen LogP contribution in [-0.2, 0) is 4.79 Å². The summed E-state index contributed by atoms with van der Waals surface area (Å²) >= 11 is 5.72. The van der Waals surface area contributed by atoms with Gasteiger partial charge in [0.25, 0.3) is 5.91 Å². The average Bonchev–Trinajstić information content (AvgIpc) is 2.34. The van der Waals surface area contributed by atoms with Crippen LogP contribution in [0.3, 0.4) is 0 Å². The lowest BCUT2D eigenvalue weighted by molar-refractivity contribution is -0.121. The molecule has 18 heavy (non-hydrogen) atoms. The van der Waals surface area contributed by atoms with Crippen LogP contribution >= 0.6 is 11.6 Å². The van der Waals surface area contributed by atoms with E-state index in [4.69, 9.17) is 17.3 Å². The van der Waals surface area contributed by atoms with Gasteiger partial charge in [-0.05, 0) is 31.2 Å². The van der Waals surface area contributed by atoms with Gasteiger partial charge < -0.3 is 16.4 Å². The summed E-state index contributed by atoms with van der Waals surface area (Å²) in [7, 11) is 0. The largest absolute Gasteiger partial charge is 0.353 e. The Bertz CT molecular complexity index is 418. The van der Waals surface area contributed by atoms with Crippen molar-refractivity contribution in [2.45, 2.75) is 13.0 Å². The van der Waals surface area contributed by atoms with Gasteiger partial charge in [-0.3, -0.25) is 9.59 Å². The Hall–Kier alpha value is -1.59. The summed E-state index contributed by atoms with van der Waals surface area (Å²) in [6, 6.07) is 6.02. The highest BCUT2D eigenvalue weighted by molar-refractivity contribution is 6.30. The third-order valence-corrected chi connectivity index (χ3v) is 2.48. The lowest BCUT2D eigenvalue weighted by Crippen LogP contribution is -2.42. The van der Waals surface area contributed by atoms with Gasteiger partial charge in [0.05, 0.1) is 6.04 Å². The van der Waals surface area contributed by atoms with E-state index in [0.717, 1.165) is 0 Å². The van der Waals surface area contributed by atoms with Crippen LogP contribution in [0.15, 0.2) is 24.3 Å². The van der Waals surface area contributed by atoms with Gasteiger partial charge in [0.1, 0.15) is 0 Å². The maximum atomic E-state index is 11.6. The van der Waals surface area contributed by atoms with Crippen molar-refractivity contribution >= 4 is 23.4 Å². The molecule has 4 N–H and O–H groups in total. The molecule has 0 fully saturated rings. The summed E-state index contributed by atoms with van der Waals surface area (Å²) in [5.74, 6) is -0.447. The van der Waals surface area contributed by atoms with Gasteiger partial charge in [-0.25, -0.2) is 0 Å². The number of hydrogen-bond acceptors (Lipinski definition) is 3. The second-order valence-electron chi connectivity index (χ2n) is 3.84. The summed E-state index contributed by atoms with van der Waals surface area (Å²) in [4.78, 5) is 22.8. The molecule has 0 aliphatic carbocycles. The number of hydrogen-bond donors (Lipinski definition) is 3. The van der Waals surface area contributed by atoms with Crippen molar-refractivity contribution in [1.29, 1.82) is 0 Å². The molecule has 0 heterocycles. The summed E-state index contributed by atoms with van der Waals surface area (Å²) in [5, 5.41) is 5.85. The van der Waals surface area contributed by atoms with Crippen molar-refractivity contribution in [3.8, 4) is 0 Å². The van der Waals surface area contributed by atoms with Gasteiger partial charge in [0.15, 0.2) is 0 Å². The first-order valence-corrected chi connectivity index (χ1v) is 5.95. The topological polar surface area (TPSA) is 84.2 Å². The van der Waals surface area contributed by atoms with Gasteiger partial charge in [0, 0.05) is 23.7 Å². The van der Waals surface area contributed by atoms with E-state index in [1.807, 2.05) is 0 Å². The molecule has 2 amide bonds. The summed E-state index contributed by atoms with van der Waals surface area (Å²) in [6.07, 6.45) is 0. The van der Waals surface area contributed by atoms with Crippen molar-refractivity contribution in [3.63, 3.8) is 0 Å². The van der Waals surface area contributed by atoms with Gasteiger partial charge in [0.2, 0.25) is 5.91 Å². The fourth-order valence-electron chi connectivity index (χ4n) is 1.23. The molecule has 0 aliphatic heterocycles.